The second-order valence-corrected chi connectivity index (χ2v) is 5.12. The predicted octanol–water partition coefficient (Wildman–Crippen LogP) is 3.34. The van der Waals surface area contributed by atoms with Gasteiger partial charge >= 0.3 is 0 Å². The molecule has 0 saturated carbocycles. The number of aromatic nitrogens is 3. The fourth-order valence-corrected chi connectivity index (χ4v) is 2.38. The van der Waals surface area contributed by atoms with Crippen LogP contribution in [0.1, 0.15) is 11.1 Å². The zero-order valence-corrected chi connectivity index (χ0v) is 11.7. The van der Waals surface area contributed by atoms with Crippen LogP contribution in [-0.2, 0) is 0 Å². The zero-order valence-electron chi connectivity index (χ0n) is 10.1. The Labute approximate surface area is 118 Å². The molecular weight excluding hydrogens is 304 g/mol. The van der Waals surface area contributed by atoms with E-state index in [4.69, 9.17) is 5.26 Å². The summed E-state index contributed by atoms with van der Waals surface area (Å²) in [6, 6.07) is 11.7. The van der Waals surface area contributed by atoms with Gasteiger partial charge in [-0.2, -0.15) is 5.26 Å². The molecule has 0 saturated heterocycles. The van der Waals surface area contributed by atoms with Crippen molar-refractivity contribution in [3.8, 4) is 17.5 Å². The fourth-order valence-electron chi connectivity index (χ4n) is 1.95. The zero-order chi connectivity index (χ0) is 13.4. The van der Waals surface area contributed by atoms with Gasteiger partial charge < -0.3 is 0 Å². The topological polar surface area (TPSA) is 54.0 Å². The number of hydrogen-bond donors (Lipinski definition) is 0. The van der Waals surface area contributed by atoms with Gasteiger partial charge in [0.05, 0.1) is 11.6 Å². The van der Waals surface area contributed by atoms with E-state index in [1.165, 1.54) is 0 Å². The molecule has 0 amide bonds. The molecule has 0 bridgehead atoms. The van der Waals surface area contributed by atoms with Gasteiger partial charge in [-0.25, -0.2) is 0 Å². The van der Waals surface area contributed by atoms with Crippen molar-refractivity contribution in [2.45, 2.75) is 6.92 Å². The molecule has 0 fully saturated rings. The van der Waals surface area contributed by atoms with Crippen molar-refractivity contribution in [1.82, 2.24) is 14.6 Å². The Balaban J connectivity index is 2.26. The minimum atomic E-state index is 0.578. The van der Waals surface area contributed by atoms with Crippen molar-refractivity contribution in [2.75, 3.05) is 0 Å². The quantitative estimate of drug-likeness (QED) is 0.692. The number of pyridine rings is 1. The monoisotopic (exact) mass is 312 g/mol. The van der Waals surface area contributed by atoms with E-state index in [0.717, 1.165) is 21.4 Å². The first-order valence-electron chi connectivity index (χ1n) is 5.70. The number of benzene rings is 1. The van der Waals surface area contributed by atoms with E-state index >= 15 is 0 Å². The van der Waals surface area contributed by atoms with Crippen LogP contribution < -0.4 is 0 Å². The molecule has 1 aromatic carbocycles. The summed E-state index contributed by atoms with van der Waals surface area (Å²) >= 11 is 3.53. The van der Waals surface area contributed by atoms with E-state index in [-0.39, 0.29) is 0 Å². The van der Waals surface area contributed by atoms with E-state index in [1.54, 1.807) is 12.1 Å². The average molecular weight is 313 g/mol. The number of rotatable bonds is 1. The maximum atomic E-state index is 8.89. The van der Waals surface area contributed by atoms with E-state index in [2.05, 4.69) is 38.3 Å². The molecule has 0 aliphatic heterocycles. The third-order valence-corrected chi connectivity index (χ3v) is 3.59. The number of fused-ring (bicyclic) bond motifs is 1. The first-order chi connectivity index (χ1) is 9.19. The molecule has 0 aliphatic rings. The summed E-state index contributed by atoms with van der Waals surface area (Å²) in [5.41, 5.74) is 3.39. The lowest BCUT2D eigenvalue weighted by Gasteiger charge is -2.04. The van der Waals surface area contributed by atoms with Gasteiger partial charge in [0.2, 0.25) is 0 Å². The maximum absolute atomic E-state index is 8.89. The highest BCUT2D eigenvalue weighted by molar-refractivity contribution is 9.10. The van der Waals surface area contributed by atoms with Crippen LogP contribution in [0, 0.1) is 18.3 Å². The molecule has 0 unspecified atom stereocenters. The largest absolute Gasteiger partial charge is 0.282 e. The van der Waals surface area contributed by atoms with Gasteiger partial charge in [0, 0.05) is 22.3 Å². The number of hydrogen-bond acceptors (Lipinski definition) is 3. The molecule has 3 rings (SSSR count). The first kappa shape index (κ1) is 11.9. The highest BCUT2D eigenvalue weighted by Gasteiger charge is 2.11. The van der Waals surface area contributed by atoms with Gasteiger partial charge in [0.15, 0.2) is 11.5 Å². The van der Waals surface area contributed by atoms with Crippen molar-refractivity contribution in [3.63, 3.8) is 0 Å². The van der Waals surface area contributed by atoms with Crippen molar-refractivity contribution < 1.29 is 0 Å². The summed E-state index contributed by atoms with van der Waals surface area (Å²) in [5, 5.41) is 17.2. The van der Waals surface area contributed by atoms with Crippen LogP contribution in [0.2, 0.25) is 0 Å². The lowest BCUT2D eigenvalue weighted by molar-refractivity contribution is 1.11. The van der Waals surface area contributed by atoms with Gasteiger partial charge in [-0.3, -0.25) is 4.40 Å². The summed E-state index contributed by atoms with van der Waals surface area (Å²) in [7, 11) is 0. The second-order valence-electron chi connectivity index (χ2n) is 4.26. The van der Waals surface area contributed by atoms with Gasteiger partial charge in [-0.05, 0) is 25.1 Å². The Morgan fingerprint density at radius 2 is 2.05 bits per heavy atom. The predicted molar refractivity (Wildman–Crippen MR) is 75.6 cm³/mol. The SMILES string of the molecule is Cc1ccc(Br)c(-c2nnc3cc(C#N)ccn23)c1. The standard InChI is InChI=1S/C14H9BrN4/c1-9-2-3-12(15)11(6-9)14-18-17-13-7-10(8-16)4-5-19(13)14/h2-7H,1H3. The van der Waals surface area contributed by atoms with E-state index in [0.29, 0.717) is 11.2 Å². The van der Waals surface area contributed by atoms with Gasteiger partial charge in [-0.15, -0.1) is 10.2 Å². The minimum Gasteiger partial charge on any atom is -0.282 e. The van der Waals surface area contributed by atoms with Crippen LogP contribution >= 0.6 is 15.9 Å². The minimum absolute atomic E-state index is 0.578. The van der Waals surface area contributed by atoms with Crippen molar-refractivity contribution in [1.29, 1.82) is 5.26 Å². The Kier molecular flexibility index (Phi) is 2.80. The number of halogens is 1. The molecule has 0 spiro atoms. The molecule has 0 N–H and O–H groups in total. The Bertz CT molecular complexity index is 814. The van der Waals surface area contributed by atoms with Crippen molar-refractivity contribution in [2.24, 2.45) is 0 Å². The smallest absolute Gasteiger partial charge is 0.169 e. The molecule has 0 aliphatic carbocycles. The third kappa shape index (κ3) is 2.00. The summed E-state index contributed by atoms with van der Waals surface area (Å²) < 4.78 is 2.84. The van der Waals surface area contributed by atoms with Gasteiger partial charge in [0.25, 0.3) is 0 Å². The lowest BCUT2D eigenvalue weighted by Crippen LogP contribution is -1.91. The van der Waals surface area contributed by atoms with Crippen LogP contribution in [0.4, 0.5) is 0 Å². The van der Waals surface area contributed by atoms with E-state index in [1.807, 2.05) is 29.7 Å². The third-order valence-electron chi connectivity index (χ3n) is 2.90. The number of aryl methyl sites for hydroxylation is 1. The number of nitrogens with zero attached hydrogens (tertiary/aromatic N) is 4. The second kappa shape index (κ2) is 4.48. The molecule has 2 heterocycles. The van der Waals surface area contributed by atoms with Crippen LogP contribution in [0.5, 0.6) is 0 Å². The summed E-state index contributed by atoms with van der Waals surface area (Å²) in [4.78, 5) is 0. The van der Waals surface area contributed by atoms with Crippen molar-refractivity contribution >= 4 is 21.6 Å². The van der Waals surface area contributed by atoms with Crippen LogP contribution in [0.15, 0.2) is 41.0 Å². The van der Waals surface area contributed by atoms with E-state index < -0.39 is 0 Å². The lowest BCUT2D eigenvalue weighted by atomic mass is 10.1. The first-order valence-corrected chi connectivity index (χ1v) is 6.50. The van der Waals surface area contributed by atoms with Crippen LogP contribution in [0.25, 0.3) is 17.0 Å². The Morgan fingerprint density at radius 1 is 1.21 bits per heavy atom. The summed E-state index contributed by atoms with van der Waals surface area (Å²) in [5.74, 6) is 0.759. The molecule has 3 aromatic rings. The molecule has 5 heteroatoms. The molecule has 0 radical (unpaired) electrons. The van der Waals surface area contributed by atoms with E-state index in [9.17, 15) is 0 Å². The molecule has 4 nitrogen and oxygen atoms in total. The molecule has 19 heavy (non-hydrogen) atoms. The molecule has 0 atom stereocenters. The van der Waals surface area contributed by atoms with Crippen molar-refractivity contribution in [3.05, 3.63) is 52.1 Å². The Hall–Kier alpha value is -2.19. The number of nitriles is 1. The summed E-state index contributed by atoms with van der Waals surface area (Å²) in [6.07, 6.45) is 1.82. The fraction of sp³-hybridized carbons (Fsp3) is 0.0714. The van der Waals surface area contributed by atoms with Gasteiger partial charge in [0.1, 0.15) is 0 Å². The molecular formula is C14H9BrN4. The highest BCUT2D eigenvalue weighted by Crippen LogP contribution is 2.28. The molecule has 2 aromatic heterocycles. The van der Waals surface area contributed by atoms with Crippen LogP contribution in [-0.4, -0.2) is 14.6 Å². The highest BCUT2D eigenvalue weighted by atomic mass is 79.9. The Morgan fingerprint density at radius 3 is 2.84 bits per heavy atom. The summed E-state index contributed by atoms with van der Waals surface area (Å²) in [6.45, 7) is 2.03. The van der Waals surface area contributed by atoms with Crippen LogP contribution in [0.3, 0.4) is 0 Å². The molecule has 92 valence electrons. The normalized spacial score (nSPS) is 10.6. The average Bonchev–Trinajstić information content (AvgIpc) is 2.84. The van der Waals surface area contributed by atoms with Gasteiger partial charge in [-0.1, -0.05) is 27.6 Å². The maximum Gasteiger partial charge on any atom is 0.169 e.